The van der Waals surface area contributed by atoms with Crippen LogP contribution in [0.4, 0.5) is 11.4 Å². The van der Waals surface area contributed by atoms with Crippen molar-refractivity contribution in [2.45, 2.75) is 32.6 Å². The first kappa shape index (κ1) is 15.7. The second kappa shape index (κ2) is 7.01. The van der Waals surface area contributed by atoms with Gasteiger partial charge >= 0.3 is 0 Å². The molecule has 0 heterocycles. The lowest BCUT2D eigenvalue weighted by Crippen LogP contribution is -2.17. The number of benzene rings is 2. The van der Waals surface area contributed by atoms with Gasteiger partial charge in [0.05, 0.1) is 0 Å². The third-order valence-corrected chi connectivity index (χ3v) is 4.93. The Labute approximate surface area is 150 Å². The lowest BCUT2D eigenvalue weighted by atomic mass is 10.0. The lowest BCUT2D eigenvalue weighted by molar-refractivity contribution is 0.874. The average molecular weight is 325 g/mol. The van der Waals surface area contributed by atoms with Crippen molar-refractivity contribution in [1.82, 2.24) is 0 Å². The van der Waals surface area contributed by atoms with E-state index in [0.29, 0.717) is 0 Å². The maximum Gasteiger partial charge on any atom is 0.0458 e. The second-order valence-corrected chi connectivity index (χ2v) is 6.75. The van der Waals surface area contributed by atoms with Gasteiger partial charge in [0, 0.05) is 22.6 Å². The zero-order chi connectivity index (χ0) is 17.1. The van der Waals surface area contributed by atoms with E-state index < -0.39 is 0 Å². The first-order chi connectivity index (χ1) is 12.3. The molecule has 0 atom stereocenters. The van der Waals surface area contributed by atoms with Gasteiger partial charge in [0.2, 0.25) is 0 Å². The van der Waals surface area contributed by atoms with Crippen LogP contribution in [0.3, 0.4) is 0 Å². The number of hydrogen-bond acceptors (Lipinski definition) is 1. The van der Waals surface area contributed by atoms with Crippen molar-refractivity contribution in [2.24, 2.45) is 0 Å². The molecule has 0 fully saturated rings. The van der Waals surface area contributed by atoms with Crippen molar-refractivity contribution in [3.8, 4) is 0 Å². The minimum Gasteiger partial charge on any atom is -0.314 e. The number of nitrogens with zero attached hydrogens (tertiary/aromatic N) is 1. The second-order valence-electron chi connectivity index (χ2n) is 6.75. The Hall–Kier alpha value is -2.76. The van der Waals surface area contributed by atoms with E-state index in [2.05, 4.69) is 90.4 Å². The Morgan fingerprint density at radius 1 is 0.800 bits per heavy atom. The van der Waals surface area contributed by atoms with E-state index in [1.807, 2.05) is 0 Å². The largest absolute Gasteiger partial charge is 0.314 e. The van der Waals surface area contributed by atoms with Crippen molar-refractivity contribution >= 4 is 16.9 Å². The molecule has 0 aliphatic heterocycles. The van der Waals surface area contributed by atoms with Crippen molar-refractivity contribution in [1.29, 1.82) is 0 Å². The fraction of sp³-hybridized carbons (Fsp3) is 0.208. The molecular formula is C24H23N. The van der Waals surface area contributed by atoms with Crippen LogP contribution in [-0.2, 0) is 0 Å². The van der Waals surface area contributed by atoms with Gasteiger partial charge in [-0.3, -0.25) is 0 Å². The van der Waals surface area contributed by atoms with E-state index in [1.54, 1.807) is 0 Å². The molecule has 0 radical (unpaired) electrons. The van der Waals surface area contributed by atoms with E-state index in [4.69, 9.17) is 0 Å². The van der Waals surface area contributed by atoms with Gasteiger partial charge < -0.3 is 4.90 Å². The molecule has 0 amide bonds. The van der Waals surface area contributed by atoms with Crippen LogP contribution in [0.1, 0.15) is 38.2 Å². The van der Waals surface area contributed by atoms with Crippen LogP contribution >= 0.6 is 0 Å². The van der Waals surface area contributed by atoms with Crippen LogP contribution in [0, 0.1) is 0 Å². The molecule has 25 heavy (non-hydrogen) atoms. The lowest BCUT2D eigenvalue weighted by Gasteiger charge is -2.29. The molecule has 2 aliphatic carbocycles. The number of hydrogen-bond donors (Lipinski definition) is 0. The van der Waals surface area contributed by atoms with Crippen LogP contribution in [0.2, 0.25) is 0 Å². The number of rotatable bonds is 4. The molecule has 0 unspecified atom stereocenters. The van der Waals surface area contributed by atoms with Crippen LogP contribution < -0.4 is 4.90 Å². The molecule has 2 aromatic rings. The molecule has 0 saturated carbocycles. The number of allylic oxidation sites excluding steroid dienone is 5. The number of para-hydroxylation sites is 1. The molecular weight excluding hydrogens is 302 g/mol. The summed E-state index contributed by atoms with van der Waals surface area (Å²) in [6.45, 7) is 2.21. The molecule has 0 bridgehead atoms. The Morgan fingerprint density at radius 2 is 1.56 bits per heavy atom. The predicted molar refractivity (Wildman–Crippen MR) is 107 cm³/mol. The van der Waals surface area contributed by atoms with Gasteiger partial charge in [-0.05, 0) is 74.6 Å². The van der Waals surface area contributed by atoms with Crippen molar-refractivity contribution in [3.63, 3.8) is 0 Å². The third-order valence-electron chi connectivity index (χ3n) is 4.93. The molecule has 2 aliphatic rings. The van der Waals surface area contributed by atoms with Gasteiger partial charge in [-0.25, -0.2) is 0 Å². The predicted octanol–water partition coefficient (Wildman–Crippen LogP) is 6.78. The molecule has 1 heteroatoms. The Kier molecular flexibility index (Phi) is 4.41. The average Bonchev–Trinajstić information content (AvgIpc) is 3.20. The molecule has 0 saturated heterocycles. The zero-order valence-corrected chi connectivity index (χ0v) is 14.7. The van der Waals surface area contributed by atoms with Gasteiger partial charge in [0.15, 0.2) is 0 Å². The van der Waals surface area contributed by atoms with Crippen molar-refractivity contribution in [3.05, 3.63) is 95.4 Å². The Morgan fingerprint density at radius 3 is 2.20 bits per heavy atom. The summed E-state index contributed by atoms with van der Waals surface area (Å²) in [5.74, 6) is 0. The highest BCUT2D eigenvalue weighted by molar-refractivity contribution is 5.73. The van der Waals surface area contributed by atoms with Crippen molar-refractivity contribution in [2.75, 3.05) is 4.90 Å². The summed E-state index contributed by atoms with van der Waals surface area (Å²) in [5, 5.41) is 0. The topological polar surface area (TPSA) is 3.24 Å². The molecule has 2 aromatic carbocycles. The van der Waals surface area contributed by atoms with Gasteiger partial charge in [-0.2, -0.15) is 0 Å². The van der Waals surface area contributed by atoms with Crippen LogP contribution in [0.5, 0.6) is 0 Å². The fourth-order valence-corrected chi connectivity index (χ4v) is 3.50. The maximum atomic E-state index is 3.38. The minimum absolute atomic E-state index is 1.08. The number of anilines is 2. The van der Waals surface area contributed by atoms with E-state index >= 15 is 0 Å². The summed E-state index contributed by atoms with van der Waals surface area (Å²) in [7, 11) is 0. The Balaban J connectivity index is 1.72. The minimum atomic E-state index is 1.08. The maximum absolute atomic E-state index is 3.38. The highest BCUT2D eigenvalue weighted by Crippen LogP contribution is 2.35. The van der Waals surface area contributed by atoms with Crippen LogP contribution in [-0.4, -0.2) is 0 Å². The smallest absolute Gasteiger partial charge is 0.0458 e. The summed E-state index contributed by atoms with van der Waals surface area (Å²) in [6.07, 6.45) is 11.1. The highest BCUT2D eigenvalue weighted by Gasteiger charge is 2.16. The fourth-order valence-electron chi connectivity index (χ4n) is 3.50. The molecule has 124 valence electrons. The molecule has 4 rings (SSSR count). The summed E-state index contributed by atoms with van der Waals surface area (Å²) >= 11 is 0. The van der Waals surface area contributed by atoms with E-state index in [-0.39, 0.29) is 0 Å². The quantitative estimate of drug-likeness (QED) is 0.560. The van der Waals surface area contributed by atoms with E-state index in [0.717, 1.165) is 25.7 Å². The van der Waals surface area contributed by atoms with Crippen molar-refractivity contribution < 1.29 is 0 Å². The first-order valence-corrected chi connectivity index (χ1v) is 9.07. The first-order valence-electron chi connectivity index (χ1n) is 9.07. The molecule has 0 spiro atoms. The van der Waals surface area contributed by atoms with Gasteiger partial charge in [-0.1, -0.05) is 42.0 Å². The summed E-state index contributed by atoms with van der Waals surface area (Å²) < 4.78 is 0. The van der Waals surface area contributed by atoms with Crippen LogP contribution in [0.15, 0.2) is 89.8 Å². The van der Waals surface area contributed by atoms with E-state index in [9.17, 15) is 0 Å². The SMILES string of the molecule is CC1=CC=C(N(c2ccccc2)c2ccc(C3=C=CCC3)cc2)CC1. The van der Waals surface area contributed by atoms with Crippen LogP contribution in [0.25, 0.3) is 5.57 Å². The molecule has 1 nitrogen and oxygen atoms in total. The normalized spacial score (nSPS) is 16.3. The third kappa shape index (κ3) is 3.38. The molecule has 0 aromatic heterocycles. The standard InChI is InChI=1S/C24H23N/c1-19-11-15-23(16-12-19)25(22-9-3-2-4-10-22)24-17-13-21(14-18-24)20-7-5-6-8-20/h2-5,9-11,13-15,17-18H,6,8,12,16H2,1H3. The monoisotopic (exact) mass is 325 g/mol. The summed E-state index contributed by atoms with van der Waals surface area (Å²) in [6, 6.07) is 19.6. The molecule has 0 N–H and O–H groups in total. The van der Waals surface area contributed by atoms with Gasteiger partial charge in [0.1, 0.15) is 0 Å². The zero-order valence-electron chi connectivity index (χ0n) is 14.7. The summed E-state index contributed by atoms with van der Waals surface area (Å²) in [4.78, 5) is 2.38. The van der Waals surface area contributed by atoms with Gasteiger partial charge in [-0.15, -0.1) is 5.73 Å². The summed E-state index contributed by atoms with van der Waals surface area (Å²) in [5.41, 5.74) is 11.2. The van der Waals surface area contributed by atoms with E-state index in [1.165, 1.54) is 33.8 Å². The van der Waals surface area contributed by atoms with Gasteiger partial charge in [0.25, 0.3) is 0 Å². The highest BCUT2D eigenvalue weighted by atomic mass is 15.1. The Bertz CT molecular complexity index is 875.